The fourth-order valence-electron chi connectivity index (χ4n) is 2.18. The summed E-state index contributed by atoms with van der Waals surface area (Å²) in [5, 5.41) is 9.20. The summed E-state index contributed by atoms with van der Waals surface area (Å²) >= 11 is 0. The summed E-state index contributed by atoms with van der Waals surface area (Å²) in [5.41, 5.74) is 2.42. The van der Waals surface area contributed by atoms with Gasteiger partial charge >= 0.3 is 0 Å². The maximum Gasteiger partial charge on any atom is 0.102 e. The molecule has 1 rings (SSSR count). The highest BCUT2D eigenvalue weighted by Crippen LogP contribution is 2.28. The number of hydrogen-bond donors (Lipinski definition) is 2. The van der Waals surface area contributed by atoms with Crippen molar-refractivity contribution in [2.75, 3.05) is 20.6 Å². The van der Waals surface area contributed by atoms with E-state index in [2.05, 4.69) is 21.9 Å². The second kappa shape index (κ2) is 7.04. The molecule has 1 aliphatic rings. The summed E-state index contributed by atoms with van der Waals surface area (Å²) in [4.78, 5) is 10.2. The van der Waals surface area contributed by atoms with Crippen LogP contribution >= 0.6 is 0 Å². The van der Waals surface area contributed by atoms with E-state index in [1.807, 2.05) is 20.3 Å². The zero-order chi connectivity index (χ0) is 11.8. The minimum atomic E-state index is 0.362. The second-order valence-electron chi connectivity index (χ2n) is 4.21. The molecule has 4 nitrogen and oxygen atoms in total. The molecule has 0 saturated carbocycles. The Morgan fingerprint density at radius 3 is 3.06 bits per heavy atom. The van der Waals surface area contributed by atoms with E-state index in [1.165, 1.54) is 17.7 Å². The van der Waals surface area contributed by atoms with Crippen LogP contribution in [0.5, 0.6) is 0 Å². The van der Waals surface area contributed by atoms with Gasteiger partial charge in [0.25, 0.3) is 0 Å². The van der Waals surface area contributed by atoms with Crippen LogP contribution in [0.4, 0.5) is 0 Å². The highest BCUT2D eigenvalue weighted by molar-refractivity contribution is 5.11. The topological polar surface area (TPSA) is 53.5 Å². The number of rotatable bonds is 6. The standard InChI is InChI=1S/C12H21N3O/c1-13-9-12(14-2)7-10-4-3-5-11(6-10)8-15-16/h5,9-10,13-14H,3-4,6-8H2,1-2H3/b12-9-/t10-/m0/s1. The molecule has 0 spiro atoms. The van der Waals surface area contributed by atoms with Crippen molar-refractivity contribution in [1.82, 2.24) is 10.6 Å². The van der Waals surface area contributed by atoms with Crippen LogP contribution in [-0.4, -0.2) is 20.6 Å². The average Bonchev–Trinajstić information content (AvgIpc) is 2.29. The average molecular weight is 223 g/mol. The lowest BCUT2D eigenvalue weighted by atomic mass is 9.86. The number of nitrogens with zero attached hydrogens (tertiary/aromatic N) is 1. The van der Waals surface area contributed by atoms with Crippen LogP contribution in [0, 0.1) is 10.8 Å². The fraction of sp³-hybridized carbons (Fsp3) is 0.667. The first-order valence-corrected chi connectivity index (χ1v) is 5.81. The molecule has 0 aromatic carbocycles. The summed E-state index contributed by atoms with van der Waals surface area (Å²) in [7, 11) is 3.84. The molecule has 0 radical (unpaired) electrons. The van der Waals surface area contributed by atoms with Gasteiger partial charge in [0.1, 0.15) is 6.54 Å². The lowest BCUT2D eigenvalue weighted by Gasteiger charge is -2.22. The molecule has 0 saturated heterocycles. The molecule has 0 heterocycles. The quantitative estimate of drug-likeness (QED) is 0.536. The van der Waals surface area contributed by atoms with E-state index in [1.54, 1.807) is 0 Å². The van der Waals surface area contributed by atoms with Crippen molar-refractivity contribution in [2.45, 2.75) is 25.7 Å². The lowest BCUT2D eigenvalue weighted by molar-refractivity contribution is 0.449. The van der Waals surface area contributed by atoms with E-state index in [0.29, 0.717) is 12.5 Å². The van der Waals surface area contributed by atoms with Crippen LogP contribution in [0.2, 0.25) is 0 Å². The first-order chi connectivity index (χ1) is 7.80. The molecule has 0 bridgehead atoms. The number of nitrogens with one attached hydrogen (secondary N) is 2. The van der Waals surface area contributed by atoms with Crippen LogP contribution in [-0.2, 0) is 0 Å². The molecule has 90 valence electrons. The summed E-state index contributed by atoms with van der Waals surface area (Å²) in [6.45, 7) is 0.362. The zero-order valence-electron chi connectivity index (χ0n) is 10.1. The molecular formula is C12H21N3O. The maximum atomic E-state index is 10.2. The third-order valence-electron chi connectivity index (χ3n) is 2.97. The molecule has 0 aromatic rings. The van der Waals surface area contributed by atoms with Crippen molar-refractivity contribution in [3.63, 3.8) is 0 Å². The van der Waals surface area contributed by atoms with E-state index >= 15 is 0 Å². The van der Waals surface area contributed by atoms with Crippen LogP contribution in [0.3, 0.4) is 0 Å². The molecule has 4 heteroatoms. The van der Waals surface area contributed by atoms with Gasteiger partial charge in [0, 0.05) is 26.0 Å². The number of hydrogen-bond acceptors (Lipinski definition) is 4. The smallest absolute Gasteiger partial charge is 0.102 e. The Labute approximate surface area is 97.2 Å². The van der Waals surface area contributed by atoms with E-state index in [9.17, 15) is 4.91 Å². The number of nitroso groups, excluding NO2 is 1. The van der Waals surface area contributed by atoms with Crippen molar-refractivity contribution in [3.8, 4) is 0 Å². The first-order valence-electron chi connectivity index (χ1n) is 5.81. The summed E-state index contributed by atoms with van der Waals surface area (Å²) in [5.74, 6) is 0.633. The van der Waals surface area contributed by atoms with E-state index in [-0.39, 0.29) is 0 Å². The Bertz CT molecular complexity index is 284. The van der Waals surface area contributed by atoms with Crippen molar-refractivity contribution in [1.29, 1.82) is 0 Å². The molecule has 0 aromatic heterocycles. The van der Waals surface area contributed by atoms with Crippen LogP contribution in [0.1, 0.15) is 25.7 Å². The Kier molecular flexibility index (Phi) is 5.61. The van der Waals surface area contributed by atoms with Crippen LogP contribution < -0.4 is 10.6 Å². The monoisotopic (exact) mass is 223 g/mol. The highest BCUT2D eigenvalue weighted by atomic mass is 16.3. The molecule has 1 aliphatic carbocycles. The molecule has 0 aliphatic heterocycles. The Morgan fingerprint density at radius 2 is 2.44 bits per heavy atom. The SMILES string of the molecule is CN/C=C(/C[C@H]1CCC=C(CN=O)C1)NC. The van der Waals surface area contributed by atoms with Crippen LogP contribution in [0.25, 0.3) is 0 Å². The molecule has 1 atom stereocenters. The molecule has 16 heavy (non-hydrogen) atoms. The minimum absolute atomic E-state index is 0.362. The van der Waals surface area contributed by atoms with Gasteiger partial charge in [0.15, 0.2) is 0 Å². The van der Waals surface area contributed by atoms with Gasteiger partial charge < -0.3 is 10.6 Å². The third kappa shape index (κ3) is 4.04. The normalized spacial score (nSPS) is 21.2. The van der Waals surface area contributed by atoms with E-state index in [4.69, 9.17) is 0 Å². The van der Waals surface area contributed by atoms with Crippen molar-refractivity contribution < 1.29 is 0 Å². The Balaban J connectivity index is 2.47. The van der Waals surface area contributed by atoms with Crippen molar-refractivity contribution in [3.05, 3.63) is 28.5 Å². The van der Waals surface area contributed by atoms with Gasteiger partial charge in [-0.15, -0.1) is 0 Å². The van der Waals surface area contributed by atoms with Gasteiger partial charge in [-0.2, -0.15) is 4.91 Å². The van der Waals surface area contributed by atoms with Gasteiger partial charge in [-0.05, 0) is 37.2 Å². The van der Waals surface area contributed by atoms with E-state index < -0.39 is 0 Å². The molecule has 0 amide bonds. The molecular weight excluding hydrogens is 202 g/mol. The van der Waals surface area contributed by atoms with Gasteiger partial charge in [0.2, 0.25) is 0 Å². The maximum absolute atomic E-state index is 10.2. The summed E-state index contributed by atoms with van der Waals surface area (Å²) in [6.07, 6.45) is 8.48. The van der Waals surface area contributed by atoms with Crippen LogP contribution in [0.15, 0.2) is 28.7 Å². The predicted octanol–water partition coefficient (Wildman–Crippen LogP) is 2.15. The molecule has 2 N–H and O–H groups in total. The summed E-state index contributed by atoms with van der Waals surface area (Å²) in [6, 6.07) is 0. The lowest BCUT2D eigenvalue weighted by Crippen LogP contribution is -2.16. The second-order valence-corrected chi connectivity index (χ2v) is 4.21. The molecule has 0 unspecified atom stereocenters. The Morgan fingerprint density at radius 1 is 1.62 bits per heavy atom. The zero-order valence-corrected chi connectivity index (χ0v) is 10.1. The summed E-state index contributed by atoms with van der Waals surface area (Å²) < 4.78 is 0. The van der Waals surface area contributed by atoms with Gasteiger partial charge in [0.05, 0.1) is 0 Å². The third-order valence-corrected chi connectivity index (χ3v) is 2.97. The van der Waals surface area contributed by atoms with Crippen molar-refractivity contribution in [2.24, 2.45) is 11.1 Å². The largest absolute Gasteiger partial charge is 0.393 e. The number of allylic oxidation sites excluding steroid dienone is 2. The Hall–Kier alpha value is -1.32. The van der Waals surface area contributed by atoms with E-state index in [0.717, 1.165) is 19.3 Å². The minimum Gasteiger partial charge on any atom is -0.393 e. The van der Waals surface area contributed by atoms with Gasteiger partial charge in [-0.1, -0.05) is 11.3 Å². The first kappa shape index (κ1) is 12.7. The van der Waals surface area contributed by atoms with Gasteiger partial charge in [-0.3, -0.25) is 0 Å². The highest BCUT2D eigenvalue weighted by Gasteiger charge is 2.16. The predicted molar refractivity (Wildman–Crippen MR) is 66.9 cm³/mol. The fourth-order valence-corrected chi connectivity index (χ4v) is 2.18. The van der Waals surface area contributed by atoms with Crippen molar-refractivity contribution >= 4 is 0 Å². The van der Waals surface area contributed by atoms with Gasteiger partial charge in [-0.25, -0.2) is 0 Å². The molecule has 0 fully saturated rings.